The van der Waals surface area contributed by atoms with Gasteiger partial charge in [-0.05, 0) is 30.3 Å². The number of hydrogen-bond donors (Lipinski definition) is 2. The standard InChI is InChI=1S/C21H24FN3O4/c1-27-21(26)23-13-18(15-6-7-19-20(12-15)29-14-28-19)25-10-8-24(9-11-25)17-5-3-2-4-16(17)22/h2-7,12,18H,8-11,13-14H2,1H3,(H,23,26)/p+1/t18-/m1/s1. The first-order chi connectivity index (χ1) is 14.2. The molecule has 2 N–H and O–H groups in total. The molecule has 0 spiro atoms. The molecule has 1 saturated heterocycles. The predicted octanol–water partition coefficient (Wildman–Crippen LogP) is 1.36. The SMILES string of the molecule is COC(=O)NC[C@H](c1ccc2c(c1)OCO2)[NH+]1CCN(c2ccccc2F)CC1. The fraction of sp³-hybridized carbons (Fsp3) is 0.381. The van der Waals surface area contributed by atoms with E-state index in [-0.39, 0.29) is 18.7 Å². The number of rotatable bonds is 5. The van der Waals surface area contributed by atoms with Crippen molar-refractivity contribution in [2.24, 2.45) is 0 Å². The minimum atomic E-state index is -0.458. The predicted molar refractivity (Wildman–Crippen MR) is 105 cm³/mol. The van der Waals surface area contributed by atoms with Crippen LogP contribution in [0, 0.1) is 5.82 Å². The van der Waals surface area contributed by atoms with Crippen molar-refractivity contribution in [2.75, 3.05) is 51.5 Å². The average Bonchev–Trinajstić information content (AvgIpc) is 3.22. The Bertz CT molecular complexity index is 871. The summed E-state index contributed by atoms with van der Waals surface area (Å²) in [5.74, 6) is 1.25. The molecule has 2 aromatic carbocycles. The van der Waals surface area contributed by atoms with Gasteiger partial charge in [-0.15, -0.1) is 0 Å². The van der Waals surface area contributed by atoms with Crippen LogP contribution in [0.5, 0.6) is 11.5 Å². The maximum Gasteiger partial charge on any atom is 0.407 e. The fourth-order valence-corrected chi connectivity index (χ4v) is 3.98. The normalized spacial score (nSPS) is 17.1. The number of benzene rings is 2. The molecule has 2 aliphatic rings. The van der Waals surface area contributed by atoms with E-state index in [4.69, 9.17) is 14.2 Å². The summed E-state index contributed by atoms with van der Waals surface area (Å²) in [6.45, 7) is 3.75. The molecule has 0 aliphatic carbocycles. The summed E-state index contributed by atoms with van der Waals surface area (Å²) in [6, 6.07) is 12.8. The summed E-state index contributed by atoms with van der Waals surface area (Å²) >= 11 is 0. The van der Waals surface area contributed by atoms with E-state index in [1.54, 1.807) is 6.07 Å². The lowest BCUT2D eigenvalue weighted by Crippen LogP contribution is -3.15. The zero-order chi connectivity index (χ0) is 20.2. The quantitative estimate of drug-likeness (QED) is 0.791. The number of quaternary nitrogens is 1. The third kappa shape index (κ3) is 4.22. The molecule has 2 aromatic rings. The zero-order valence-corrected chi connectivity index (χ0v) is 16.3. The topological polar surface area (TPSA) is 64.5 Å². The second-order valence-corrected chi connectivity index (χ2v) is 7.13. The lowest BCUT2D eigenvalue weighted by Gasteiger charge is -2.37. The third-order valence-corrected chi connectivity index (χ3v) is 5.53. The number of piperazine rings is 1. The number of methoxy groups -OCH3 is 1. The number of ether oxygens (including phenoxy) is 3. The number of halogens is 1. The molecule has 4 rings (SSSR count). The van der Waals surface area contributed by atoms with Crippen LogP contribution in [0.25, 0.3) is 0 Å². The van der Waals surface area contributed by atoms with Crippen LogP contribution in [-0.2, 0) is 4.74 Å². The highest BCUT2D eigenvalue weighted by molar-refractivity contribution is 5.66. The number of fused-ring (bicyclic) bond motifs is 1. The third-order valence-electron chi connectivity index (χ3n) is 5.53. The zero-order valence-electron chi connectivity index (χ0n) is 16.3. The smallest absolute Gasteiger partial charge is 0.407 e. The first-order valence-corrected chi connectivity index (χ1v) is 9.71. The number of nitrogens with zero attached hydrogens (tertiary/aromatic N) is 1. The van der Waals surface area contributed by atoms with E-state index >= 15 is 0 Å². The molecule has 0 aromatic heterocycles. The number of anilines is 1. The molecule has 154 valence electrons. The molecule has 0 bridgehead atoms. The highest BCUT2D eigenvalue weighted by Crippen LogP contribution is 2.33. The summed E-state index contributed by atoms with van der Waals surface area (Å²) in [7, 11) is 1.35. The van der Waals surface area contributed by atoms with Crippen molar-refractivity contribution in [2.45, 2.75) is 6.04 Å². The summed E-state index contributed by atoms with van der Waals surface area (Å²) in [5.41, 5.74) is 1.69. The lowest BCUT2D eigenvalue weighted by molar-refractivity contribution is -0.931. The van der Waals surface area contributed by atoms with E-state index in [9.17, 15) is 9.18 Å². The maximum absolute atomic E-state index is 14.1. The number of hydrogen-bond acceptors (Lipinski definition) is 5. The van der Waals surface area contributed by atoms with Gasteiger partial charge in [-0.25, -0.2) is 9.18 Å². The van der Waals surface area contributed by atoms with E-state index in [2.05, 4.69) is 10.2 Å². The molecule has 2 aliphatic heterocycles. The number of alkyl carbamates (subject to hydrolysis) is 1. The van der Waals surface area contributed by atoms with Crippen molar-refractivity contribution in [3.8, 4) is 11.5 Å². The second kappa shape index (κ2) is 8.57. The van der Waals surface area contributed by atoms with E-state index < -0.39 is 6.09 Å². The summed E-state index contributed by atoms with van der Waals surface area (Å²) in [5, 5.41) is 2.82. The first-order valence-electron chi connectivity index (χ1n) is 9.71. The summed E-state index contributed by atoms with van der Waals surface area (Å²) < 4.78 is 29.8. The summed E-state index contributed by atoms with van der Waals surface area (Å²) in [4.78, 5) is 15.0. The van der Waals surface area contributed by atoms with Crippen molar-refractivity contribution < 1.29 is 28.3 Å². The monoisotopic (exact) mass is 402 g/mol. The molecule has 1 amide bonds. The molecule has 0 saturated carbocycles. The Morgan fingerprint density at radius 2 is 1.97 bits per heavy atom. The van der Waals surface area contributed by atoms with Crippen molar-refractivity contribution in [1.82, 2.24) is 5.32 Å². The molecule has 2 heterocycles. The molecular weight excluding hydrogens is 377 g/mol. The Hall–Kier alpha value is -3.00. The van der Waals surface area contributed by atoms with Gasteiger partial charge in [-0.3, -0.25) is 0 Å². The van der Waals surface area contributed by atoms with E-state index in [0.29, 0.717) is 12.2 Å². The molecule has 1 atom stereocenters. The number of para-hydroxylation sites is 1. The molecular formula is C21H25FN3O4+. The van der Waals surface area contributed by atoms with Crippen LogP contribution in [0.2, 0.25) is 0 Å². The van der Waals surface area contributed by atoms with Gasteiger partial charge in [0.1, 0.15) is 11.9 Å². The lowest BCUT2D eigenvalue weighted by atomic mass is 10.0. The van der Waals surface area contributed by atoms with Crippen LogP contribution < -0.4 is 24.6 Å². The highest BCUT2D eigenvalue weighted by Gasteiger charge is 2.31. The van der Waals surface area contributed by atoms with Gasteiger partial charge in [0.25, 0.3) is 0 Å². The molecule has 0 radical (unpaired) electrons. The Balaban J connectivity index is 1.49. The van der Waals surface area contributed by atoms with E-state index in [0.717, 1.165) is 43.2 Å². The average molecular weight is 402 g/mol. The van der Waals surface area contributed by atoms with Gasteiger partial charge in [0.15, 0.2) is 11.5 Å². The number of amides is 1. The van der Waals surface area contributed by atoms with Crippen LogP contribution in [0.4, 0.5) is 14.9 Å². The van der Waals surface area contributed by atoms with Crippen LogP contribution >= 0.6 is 0 Å². The summed E-state index contributed by atoms with van der Waals surface area (Å²) in [6.07, 6.45) is -0.458. The van der Waals surface area contributed by atoms with Gasteiger partial charge in [0.2, 0.25) is 6.79 Å². The molecule has 1 fully saturated rings. The van der Waals surface area contributed by atoms with Crippen molar-refractivity contribution >= 4 is 11.8 Å². The molecule has 0 unspecified atom stereocenters. The van der Waals surface area contributed by atoms with Gasteiger partial charge in [-0.2, -0.15) is 0 Å². The largest absolute Gasteiger partial charge is 0.454 e. The van der Waals surface area contributed by atoms with Crippen molar-refractivity contribution in [3.05, 3.63) is 53.8 Å². The Kier molecular flexibility index (Phi) is 5.71. The van der Waals surface area contributed by atoms with E-state index in [1.807, 2.05) is 30.3 Å². The Labute approximate surface area is 168 Å². The molecule has 7 nitrogen and oxygen atoms in total. The second-order valence-electron chi connectivity index (χ2n) is 7.13. The van der Waals surface area contributed by atoms with Crippen LogP contribution in [0.3, 0.4) is 0 Å². The molecule has 29 heavy (non-hydrogen) atoms. The van der Waals surface area contributed by atoms with Crippen molar-refractivity contribution in [3.63, 3.8) is 0 Å². The minimum absolute atomic E-state index is 0.0198. The van der Waals surface area contributed by atoms with Crippen molar-refractivity contribution in [1.29, 1.82) is 0 Å². The van der Waals surface area contributed by atoms with Gasteiger partial charge in [0.05, 0.1) is 45.5 Å². The van der Waals surface area contributed by atoms with Gasteiger partial charge in [0, 0.05) is 5.56 Å². The van der Waals surface area contributed by atoms with Crippen LogP contribution in [0.1, 0.15) is 11.6 Å². The number of carbonyl (C=O) groups is 1. The Morgan fingerprint density at radius 3 is 2.72 bits per heavy atom. The minimum Gasteiger partial charge on any atom is -0.454 e. The van der Waals surface area contributed by atoms with Gasteiger partial charge < -0.3 is 29.3 Å². The number of carbonyl (C=O) groups excluding carboxylic acids is 1. The van der Waals surface area contributed by atoms with Gasteiger partial charge in [-0.1, -0.05) is 12.1 Å². The van der Waals surface area contributed by atoms with Gasteiger partial charge >= 0.3 is 6.09 Å². The Morgan fingerprint density at radius 1 is 1.21 bits per heavy atom. The number of nitrogens with one attached hydrogen (secondary N) is 2. The first kappa shape index (κ1) is 19.3. The van der Waals surface area contributed by atoms with Crippen LogP contribution in [0.15, 0.2) is 42.5 Å². The van der Waals surface area contributed by atoms with E-state index in [1.165, 1.54) is 18.1 Å². The maximum atomic E-state index is 14.1. The fourth-order valence-electron chi connectivity index (χ4n) is 3.98. The highest BCUT2D eigenvalue weighted by atomic mass is 19.1. The van der Waals surface area contributed by atoms with Crippen LogP contribution in [-0.4, -0.2) is 52.7 Å². The molecule has 8 heteroatoms.